The number of piperidine rings is 1. The van der Waals surface area contributed by atoms with Crippen molar-refractivity contribution in [2.45, 2.75) is 32.7 Å². The molecule has 3 heterocycles. The highest BCUT2D eigenvalue weighted by molar-refractivity contribution is 7.89. The molecular formula is C15H21N5O3S. The Morgan fingerprint density at radius 2 is 2.08 bits per heavy atom. The first-order chi connectivity index (χ1) is 11.4. The summed E-state index contributed by atoms with van der Waals surface area (Å²) in [4.78, 5) is 23.1. The smallest absolute Gasteiger partial charge is 0.252 e. The molecule has 1 fully saturated rings. The standard InChI is InChI=1S/C15H21N5O3S/c1-3-24(22,23)20-6-4-12(5-7-20)17-15-16-9-11-8-10(2)14(21)18-13(11)19-15/h8-9,12H,3-7H2,1-2H3,(H2,16,17,18,19,21). The molecule has 0 bridgehead atoms. The zero-order chi connectivity index (χ0) is 17.3. The number of fused-ring (bicyclic) bond motifs is 1. The summed E-state index contributed by atoms with van der Waals surface area (Å²) in [6.07, 6.45) is 3.07. The SMILES string of the molecule is CCS(=O)(=O)N1CCC(Nc2ncc3cc(C)c(=O)[nH]c3n2)CC1. The first-order valence-corrected chi connectivity index (χ1v) is 9.61. The molecule has 0 atom stereocenters. The number of rotatable bonds is 4. The Morgan fingerprint density at radius 3 is 2.75 bits per heavy atom. The van der Waals surface area contributed by atoms with E-state index in [1.807, 2.05) is 0 Å². The number of sulfonamides is 1. The van der Waals surface area contributed by atoms with Crippen LogP contribution in [0.25, 0.3) is 11.0 Å². The molecule has 8 nitrogen and oxygen atoms in total. The summed E-state index contributed by atoms with van der Waals surface area (Å²) in [6, 6.07) is 1.87. The Hall–Kier alpha value is -2.00. The number of aromatic nitrogens is 3. The molecule has 0 aromatic carbocycles. The predicted octanol–water partition coefficient (Wildman–Crippen LogP) is 0.853. The normalized spacial score (nSPS) is 17.2. The second kappa shape index (κ2) is 6.48. The second-order valence-electron chi connectivity index (χ2n) is 6.00. The number of nitrogens with zero attached hydrogens (tertiary/aromatic N) is 3. The van der Waals surface area contributed by atoms with Gasteiger partial charge in [0.05, 0.1) is 5.75 Å². The summed E-state index contributed by atoms with van der Waals surface area (Å²) in [5.74, 6) is 0.574. The minimum Gasteiger partial charge on any atom is -0.351 e. The summed E-state index contributed by atoms with van der Waals surface area (Å²) in [5.41, 5.74) is 0.954. The molecule has 1 aliphatic heterocycles. The molecule has 0 amide bonds. The van der Waals surface area contributed by atoms with Crippen molar-refractivity contribution < 1.29 is 8.42 Å². The summed E-state index contributed by atoms with van der Waals surface area (Å²) < 4.78 is 25.3. The van der Waals surface area contributed by atoms with Gasteiger partial charge < -0.3 is 10.3 Å². The number of hydrogen-bond donors (Lipinski definition) is 2. The topological polar surface area (TPSA) is 108 Å². The summed E-state index contributed by atoms with van der Waals surface area (Å²) in [7, 11) is -3.12. The van der Waals surface area contributed by atoms with E-state index in [1.54, 1.807) is 26.1 Å². The van der Waals surface area contributed by atoms with Gasteiger partial charge in [0.1, 0.15) is 5.65 Å². The lowest BCUT2D eigenvalue weighted by Gasteiger charge is -2.31. The molecule has 24 heavy (non-hydrogen) atoms. The van der Waals surface area contributed by atoms with Gasteiger partial charge in [-0.05, 0) is 32.8 Å². The quantitative estimate of drug-likeness (QED) is 0.845. The van der Waals surface area contributed by atoms with Gasteiger partial charge in [-0.15, -0.1) is 0 Å². The third-order valence-corrected chi connectivity index (χ3v) is 6.21. The number of nitrogens with one attached hydrogen (secondary N) is 2. The monoisotopic (exact) mass is 351 g/mol. The Labute approximate surface area is 140 Å². The van der Waals surface area contributed by atoms with Crippen LogP contribution < -0.4 is 10.9 Å². The van der Waals surface area contributed by atoms with E-state index in [0.29, 0.717) is 43.1 Å². The number of anilines is 1. The predicted molar refractivity (Wildman–Crippen MR) is 92.6 cm³/mol. The molecule has 0 aliphatic carbocycles. The van der Waals surface area contributed by atoms with E-state index in [4.69, 9.17) is 0 Å². The van der Waals surface area contributed by atoms with Gasteiger partial charge in [0, 0.05) is 36.3 Å². The lowest BCUT2D eigenvalue weighted by Crippen LogP contribution is -2.43. The second-order valence-corrected chi connectivity index (χ2v) is 8.25. The Balaban J connectivity index is 1.70. The van der Waals surface area contributed by atoms with Crippen LogP contribution in [0, 0.1) is 6.92 Å². The zero-order valence-electron chi connectivity index (χ0n) is 13.7. The Morgan fingerprint density at radius 1 is 1.38 bits per heavy atom. The number of hydrogen-bond acceptors (Lipinski definition) is 6. The van der Waals surface area contributed by atoms with Gasteiger partial charge in [0.2, 0.25) is 16.0 Å². The van der Waals surface area contributed by atoms with Gasteiger partial charge in [0.15, 0.2) is 0 Å². The molecule has 3 rings (SSSR count). The van der Waals surface area contributed by atoms with Gasteiger partial charge >= 0.3 is 0 Å². The number of H-pyrrole nitrogens is 1. The fraction of sp³-hybridized carbons (Fsp3) is 0.533. The van der Waals surface area contributed by atoms with Crippen molar-refractivity contribution in [3.63, 3.8) is 0 Å². The molecule has 0 saturated carbocycles. The van der Waals surface area contributed by atoms with Crippen molar-refractivity contribution in [2.75, 3.05) is 24.2 Å². The third-order valence-electron chi connectivity index (χ3n) is 4.32. The maximum absolute atomic E-state index is 11.9. The number of pyridine rings is 1. The van der Waals surface area contributed by atoms with Gasteiger partial charge in [-0.2, -0.15) is 4.98 Å². The van der Waals surface area contributed by atoms with Crippen LogP contribution in [-0.4, -0.2) is 52.6 Å². The Bertz CT molecular complexity index is 901. The van der Waals surface area contributed by atoms with Crippen LogP contribution in [0.5, 0.6) is 0 Å². The lowest BCUT2D eigenvalue weighted by molar-refractivity contribution is 0.329. The molecular weight excluding hydrogens is 330 g/mol. The maximum Gasteiger partial charge on any atom is 0.252 e. The molecule has 2 N–H and O–H groups in total. The summed E-state index contributed by atoms with van der Waals surface area (Å²) in [6.45, 7) is 4.39. The first kappa shape index (κ1) is 16.8. The van der Waals surface area contributed by atoms with Crippen molar-refractivity contribution >= 4 is 27.0 Å². The number of aromatic amines is 1. The van der Waals surface area contributed by atoms with Crippen LogP contribution >= 0.6 is 0 Å². The van der Waals surface area contributed by atoms with Crippen LogP contribution in [0.1, 0.15) is 25.3 Å². The lowest BCUT2D eigenvalue weighted by atomic mass is 10.1. The van der Waals surface area contributed by atoms with Gasteiger partial charge in [0.25, 0.3) is 5.56 Å². The van der Waals surface area contributed by atoms with Gasteiger partial charge in [-0.1, -0.05) is 0 Å². The highest BCUT2D eigenvalue weighted by Gasteiger charge is 2.26. The highest BCUT2D eigenvalue weighted by Crippen LogP contribution is 2.18. The molecule has 9 heteroatoms. The molecule has 1 aliphatic rings. The average molecular weight is 351 g/mol. The van der Waals surface area contributed by atoms with Crippen LogP contribution in [0.15, 0.2) is 17.1 Å². The Kier molecular flexibility index (Phi) is 4.55. The van der Waals surface area contributed by atoms with E-state index in [9.17, 15) is 13.2 Å². The first-order valence-electron chi connectivity index (χ1n) is 8.00. The van der Waals surface area contributed by atoms with E-state index >= 15 is 0 Å². The zero-order valence-corrected chi connectivity index (χ0v) is 14.6. The molecule has 0 spiro atoms. The fourth-order valence-electron chi connectivity index (χ4n) is 2.81. The van der Waals surface area contributed by atoms with Crippen molar-refractivity contribution in [1.29, 1.82) is 0 Å². The van der Waals surface area contributed by atoms with Crippen LogP contribution in [0.3, 0.4) is 0 Å². The fourth-order valence-corrected chi connectivity index (χ4v) is 3.95. The molecule has 0 radical (unpaired) electrons. The van der Waals surface area contributed by atoms with E-state index in [-0.39, 0.29) is 17.4 Å². The van der Waals surface area contributed by atoms with Gasteiger partial charge in [-0.3, -0.25) is 4.79 Å². The average Bonchev–Trinajstić information content (AvgIpc) is 2.57. The highest BCUT2D eigenvalue weighted by atomic mass is 32.2. The van der Waals surface area contributed by atoms with Crippen molar-refractivity contribution in [3.05, 3.63) is 28.2 Å². The largest absolute Gasteiger partial charge is 0.351 e. The molecule has 1 saturated heterocycles. The van der Waals surface area contributed by atoms with E-state index < -0.39 is 10.0 Å². The van der Waals surface area contributed by atoms with E-state index in [1.165, 1.54) is 4.31 Å². The minimum atomic E-state index is -3.12. The molecule has 0 unspecified atom stereocenters. The van der Waals surface area contributed by atoms with Crippen LogP contribution in [-0.2, 0) is 10.0 Å². The van der Waals surface area contributed by atoms with E-state index in [0.717, 1.165) is 5.39 Å². The van der Waals surface area contributed by atoms with E-state index in [2.05, 4.69) is 20.3 Å². The maximum atomic E-state index is 11.9. The third kappa shape index (κ3) is 3.41. The summed E-state index contributed by atoms with van der Waals surface area (Å²) in [5, 5.41) is 4.01. The molecule has 130 valence electrons. The number of aryl methyl sites for hydroxylation is 1. The summed E-state index contributed by atoms with van der Waals surface area (Å²) >= 11 is 0. The van der Waals surface area contributed by atoms with Crippen molar-refractivity contribution in [2.24, 2.45) is 0 Å². The van der Waals surface area contributed by atoms with Gasteiger partial charge in [-0.25, -0.2) is 17.7 Å². The van der Waals surface area contributed by atoms with Crippen molar-refractivity contribution in [3.8, 4) is 0 Å². The van der Waals surface area contributed by atoms with Crippen LogP contribution in [0.2, 0.25) is 0 Å². The minimum absolute atomic E-state index is 0.114. The van der Waals surface area contributed by atoms with Crippen molar-refractivity contribution in [1.82, 2.24) is 19.3 Å². The molecule has 2 aromatic heterocycles. The van der Waals surface area contributed by atoms with Crippen LogP contribution in [0.4, 0.5) is 5.95 Å². The molecule has 2 aromatic rings.